The summed E-state index contributed by atoms with van der Waals surface area (Å²) in [4.78, 5) is 25.6. The quantitative estimate of drug-likeness (QED) is 0.650. The average Bonchev–Trinajstić information content (AvgIpc) is 3.35. The van der Waals surface area contributed by atoms with Crippen LogP contribution >= 0.6 is 11.3 Å². The summed E-state index contributed by atoms with van der Waals surface area (Å²) in [7, 11) is 0. The summed E-state index contributed by atoms with van der Waals surface area (Å²) in [5, 5.41) is 13.0. The molecule has 5 heterocycles. The molecule has 3 saturated heterocycles. The molecule has 3 fully saturated rings. The zero-order valence-corrected chi connectivity index (χ0v) is 18.8. The Labute approximate surface area is 184 Å². The number of nitrogens with zero attached hydrogens (tertiary/aromatic N) is 4. The molecule has 0 saturated carbocycles. The van der Waals surface area contributed by atoms with Crippen molar-refractivity contribution < 1.29 is 19.1 Å². The maximum absolute atomic E-state index is 12.5. The SMILES string of the molecule is CC(O)c1ccc(-c2nccs2)c2oc(N3CC4CC(C3)N4C(=O)OC(C)(C)C)nc12. The number of ether oxygens (including phenoxy) is 1. The Kier molecular flexibility index (Phi) is 4.71. The van der Waals surface area contributed by atoms with Gasteiger partial charge in [0.05, 0.1) is 23.8 Å². The molecule has 3 aromatic rings. The predicted molar refractivity (Wildman–Crippen MR) is 118 cm³/mol. The summed E-state index contributed by atoms with van der Waals surface area (Å²) >= 11 is 1.53. The monoisotopic (exact) mass is 442 g/mol. The van der Waals surface area contributed by atoms with E-state index < -0.39 is 11.7 Å². The Balaban J connectivity index is 1.44. The highest BCUT2D eigenvalue weighted by Gasteiger charge is 2.49. The number of piperazine rings is 1. The van der Waals surface area contributed by atoms with Gasteiger partial charge in [0.1, 0.15) is 16.1 Å². The summed E-state index contributed by atoms with van der Waals surface area (Å²) in [5.41, 5.74) is 2.37. The van der Waals surface area contributed by atoms with Gasteiger partial charge in [0.15, 0.2) is 5.58 Å². The Hall–Kier alpha value is -2.65. The van der Waals surface area contributed by atoms with Crippen molar-refractivity contribution in [3.8, 4) is 10.6 Å². The number of benzene rings is 1. The van der Waals surface area contributed by atoms with E-state index in [2.05, 4.69) is 9.88 Å². The minimum absolute atomic E-state index is 0.0817. The van der Waals surface area contributed by atoms with Crippen LogP contribution in [0.5, 0.6) is 0 Å². The molecule has 3 atom stereocenters. The number of hydrogen-bond donors (Lipinski definition) is 1. The lowest BCUT2D eigenvalue weighted by Gasteiger charge is -2.55. The van der Waals surface area contributed by atoms with Crippen molar-refractivity contribution in [2.24, 2.45) is 0 Å². The molecule has 1 aromatic carbocycles. The molecule has 3 unspecified atom stereocenters. The predicted octanol–water partition coefficient (Wildman–Crippen LogP) is 4.20. The van der Waals surface area contributed by atoms with Crippen molar-refractivity contribution in [1.29, 1.82) is 0 Å². The topological polar surface area (TPSA) is 91.9 Å². The van der Waals surface area contributed by atoms with Gasteiger partial charge in [-0.3, -0.25) is 4.90 Å². The molecule has 2 bridgehead atoms. The first kappa shape index (κ1) is 20.3. The highest BCUT2D eigenvalue weighted by atomic mass is 32.1. The third-order valence-corrected chi connectivity index (χ3v) is 6.55. The average molecular weight is 443 g/mol. The van der Waals surface area contributed by atoms with Crippen LogP contribution in [0, 0.1) is 0 Å². The largest absolute Gasteiger partial charge is 0.444 e. The van der Waals surface area contributed by atoms with Crippen LogP contribution in [0.25, 0.3) is 21.7 Å². The first-order chi connectivity index (χ1) is 14.7. The normalized spacial score (nSPS) is 21.8. The van der Waals surface area contributed by atoms with E-state index in [1.807, 2.05) is 43.2 Å². The molecule has 0 spiro atoms. The van der Waals surface area contributed by atoms with Crippen LogP contribution in [0.15, 0.2) is 28.1 Å². The zero-order valence-electron chi connectivity index (χ0n) is 18.0. The Morgan fingerprint density at radius 3 is 2.68 bits per heavy atom. The smallest absolute Gasteiger partial charge is 0.410 e. The van der Waals surface area contributed by atoms with Crippen LogP contribution in [0.4, 0.5) is 10.8 Å². The van der Waals surface area contributed by atoms with Crippen LogP contribution in [0.1, 0.15) is 45.8 Å². The Morgan fingerprint density at radius 1 is 1.32 bits per heavy atom. The minimum atomic E-state index is -0.664. The van der Waals surface area contributed by atoms with E-state index in [-0.39, 0.29) is 18.2 Å². The summed E-state index contributed by atoms with van der Waals surface area (Å²) in [6, 6.07) is 4.49. The number of carbonyl (C=O) groups is 1. The Morgan fingerprint density at radius 2 is 2.06 bits per heavy atom. The summed E-state index contributed by atoms with van der Waals surface area (Å²) in [5.74, 6) is 0. The fourth-order valence-corrected chi connectivity index (χ4v) is 5.05. The van der Waals surface area contributed by atoms with Crippen LogP contribution in [-0.2, 0) is 4.74 Å². The van der Waals surface area contributed by atoms with Gasteiger partial charge in [0, 0.05) is 30.2 Å². The number of aromatic nitrogens is 2. The molecular weight excluding hydrogens is 416 g/mol. The lowest BCUT2D eigenvalue weighted by atomic mass is 9.88. The van der Waals surface area contributed by atoms with Crippen molar-refractivity contribution in [3.05, 3.63) is 29.3 Å². The molecule has 1 amide bonds. The van der Waals surface area contributed by atoms with E-state index in [0.29, 0.717) is 30.2 Å². The van der Waals surface area contributed by atoms with Crippen LogP contribution < -0.4 is 4.90 Å². The molecule has 0 radical (unpaired) electrons. The molecule has 8 nitrogen and oxygen atoms in total. The number of anilines is 1. The molecule has 2 aromatic heterocycles. The summed E-state index contributed by atoms with van der Waals surface area (Å²) < 4.78 is 11.8. The zero-order chi connectivity index (χ0) is 21.9. The fourth-order valence-electron chi connectivity index (χ4n) is 4.39. The van der Waals surface area contributed by atoms with Crippen molar-refractivity contribution in [3.63, 3.8) is 0 Å². The van der Waals surface area contributed by atoms with Crippen molar-refractivity contribution in [1.82, 2.24) is 14.9 Å². The van der Waals surface area contributed by atoms with Crippen molar-refractivity contribution in [2.75, 3.05) is 18.0 Å². The molecule has 0 aliphatic carbocycles. The lowest BCUT2D eigenvalue weighted by Crippen LogP contribution is -2.70. The van der Waals surface area contributed by atoms with Crippen LogP contribution in [0.3, 0.4) is 0 Å². The summed E-state index contributed by atoms with van der Waals surface area (Å²) in [6.07, 6.45) is 1.80. The maximum atomic E-state index is 12.5. The minimum Gasteiger partial charge on any atom is -0.444 e. The first-order valence-electron chi connectivity index (χ1n) is 10.5. The highest BCUT2D eigenvalue weighted by molar-refractivity contribution is 7.13. The van der Waals surface area contributed by atoms with Crippen LogP contribution in [-0.4, -0.2) is 56.8 Å². The second-order valence-electron chi connectivity index (χ2n) is 9.23. The molecule has 1 N–H and O–H groups in total. The van der Waals surface area contributed by atoms with Gasteiger partial charge < -0.3 is 19.2 Å². The van der Waals surface area contributed by atoms with E-state index in [0.717, 1.165) is 22.6 Å². The molecule has 164 valence electrons. The van der Waals surface area contributed by atoms with Crippen molar-refractivity contribution in [2.45, 2.75) is 57.9 Å². The molecule has 9 heteroatoms. The third kappa shape index (κ3) is 3.55. The van der Waals surface area contributed by atoms with Gasteiger partial charge in [-0.25, -0.2) is 9.78 Å². The van der Waals surface area contributed by atoms with E-state index in [1.165, 1.54) is 11.3 Å². The Bertz CT molecular complexity index is 1110. The second-order valence-corrected chi connectivity index (χ2v) is 10.1. The number of thiazole rings is 1. The van der Waals surface area contributed by atoms with Crippen molar-refractivity contribution >= 4 is 34.5 Å². The molecule has 31 heavy (non-hydrogen) atoms. The molecule has 6 rings (SSSR count). The molecule has 3 aliphatic heterocycles. The van der Waals surface area contributed by atoms with E-state index >= 15 is 0 Å². The number of amides is 1. The number of carbonyl (C=O) groups excluding carboxylic acids is 1. The fraction of sp³-hybridized carbons (Fsp3) is 0.500. The van der Waals surface area contributed by atoms with Gasteiger partial charge in [0.2, 0.25) is 0 Å². The second kappa shape index (κ2) is 7.20. The lowest BCUT2D eigenvalue weighted by molar-refractivity contribution is -0.0386. The number of piperidine rings is 1. The van der Waals surface area contributed by atoms with E-state index in [4.69, 9.17) is 14.1 Å². The number of aliphatic hydroxyl groups is 1. The maximum Gasteiger partial charge on any atom is 0.410 e. The number of aliphatic hydroxyl groups excluding tert-OH is 1. The standard InChI is InChI=1S/C22H26N4O4S/c1-12(27)15-5-6-16(19-23-7-8-31-19)18-17(15)24-20(29-18)25-10-13-9-14(11-25)26(13)21(28)30-22(2,3)4/h5-8,12-14,27H,9-11H2,1-4H3. The van der Waals surface area contributed by atoms with Gasteiger partial charge in [-0.1, -0.05) is 6.07 Å². The highest BCUT2D eigenvalue weighted by Crippen LogP contribution is 2.40. The first-order valence-corrected chi connectivity index (χ1v) is 11.4. The van der Waals surface area contributed by atoms with E-state index in [9.17, 15) is 9.90 Å². The van der Waals surface area contributed by atoms with Gasteiger partial charge in [-0.2, -0.15) is 4.98 Å². The van der Waals surface area contributed by atoms with Gasteiger partial charge in [0.25, 0.3) is 6.01 Å². The molecular formula is C22H26N4O4S. The van der Waals surface area contributed by atoms with Gasteiger partial charge >= 0.3 is 6.09 Å². The number of rotatable bonds is 3. The number of oxazole rings is 1. The van der Waals surface area contributed by atoms with Crippen LogP contribution in [0.2, 0.25) is 0 Å². The molecule has 3 aliphatic rings. The number of hydrogen-bond acceptors (Lipinski definition) is 8. The summed E-state index contributed by atoms with van der Waals surface area (Å²) in [6.45, 7) is 8.64. The van der Waals surface area contributed by atoms with Gasteiger partial charge in [-0.05, 0) is 40.2 Å². The number of fused-ring (bicyclic) bond motifs is 3. The van der Waals surface area contributed by atoms with E-state index in [1.54, 1.807) is 13.1 Å². The third-order valence-electron chi connectivity index (χ3n) is 5.74. The van der Waals surface area contributed by atoms with Gasteiger partial charge in [-0.15, -0.1) is 11.3 Å².